The average Bonchev–Trinajstić information content (AvgIpc) is 2.75. The van der Waals surface area contributed by atoms with Crippen molar-refractivity contribution in [3.8, 4) is 11.5 Å². The van der Waals surface area contributed by atoms with Gasteiger partial charge in [-0.3, -0.25) is 14.6 Å². The number of aromatic nitrogens is 1. The van der Waals surface area contributed by atoms with Crippen molar-refractivity contribution in [1.82, 2.24) is 4.98 Å². The number of ether oxygens (including phenoxy) is 2. The van der Waals surface area contributed by atoms with E-state index in [4.69, 9.17) is 9.47 Å². The van der Waals surface area contributed by atoms with E-state index in [0.29, 0.717) is 17.2 Å². The number of benzene rings is 2. The third kappa shape index (κ3) is 4.86. The van der Waals surface area contributed by atoms with Crippen LogP contribution < -0.4 is 20.1 Å². The monoisotopic (exact) mass is 395 g/mol. The number of carbonyl (C=O) groups is 2. The van der Waals surface area contributed by atoms with Gasteiger partial charge in [0.05, 0.1) is 31.7 Å². The molecule has 0 aliphatic heterocycles. The molecule has 0 aliphatic carbocycles. The lowest BCUT2D eigenvalue weighted by molar-refractivity contribution is 0.101. The van der Waals surface area contributed by atoms with Gasteiger partial charge in [0.25, 0.3) is 11.8 Å². The van der Waals surface area contributed by atoms with E-state index in [-0.39, 0.29) is 16.8 Å². The summed E-state index contributed by atoms with van der Waals surface area (Å²) in [5, 5.41) is 5.19. The Labute approximate surface area is 166 Å². The SMILES string of the molecule is COc1cc(OC)cc(C(=O)Nc2ccc(F)c(C(=O)Nc3cccnc3)c2)c1. The van der Waals surface area contributed by atoms with Crippen LogP contribution in [0, 0.1) is 5.82 Å². The molecule has 8 heteroatoms. The van der Waals surface area contributed by atoms with Crippen molar-refractivity contribution in [3.63, 3.8) is 0 Å². The van der Waals surface area contributed by atoms with E-state index in [1.54, 1.807) is 24.4 Å². The van der Waals surface area contributed by atoms with Gasteiger partial charge >= 0.3 is 0 Å². The molecule has 0 spiro atoms. The molecule has 0 unspecified atom stereocenters. The number of nitrogens with zero attached hydrogens (tertiary/aromatic N) is 1. The molecule has 0 aliphatic rings. The molecule has 2 N–H and O–H groups in total. The minimum atomic E-state index is -0.715. The van der Waals surface area contributed by atoms with Crippen molar-refractivity contribution >= 4 is 23.2 Å². The van der Waals surface area contributed by atoms with Crippen molar-refractivity contribution in [2.75, 3.05) is 24.9 Å². The highest BCUT2D eigenvalue weighted by molar-refractivity contribution is 6.07. The molecule has 0 radical (unpaired) electrons. The summed E-state index contributed by atoms with van der Waals surface area (Å²) in [6.07, 6.45) is 3.00. The Balaban J connectivity index is 1.81. The van der Waals surface area contributed by atoms with Crippen LogP contribution in [0.15, 0.2) is 60.9 Å². The van der Waals surface area contributed by atoms with Crippen LogP contribution in [-0.4, -0.2) is 31.0 Å². The van der Waals surface area contributed by atoms with Crippen molar-refractivity contribution in [3.05, 3.63) is 77.9 Å². The average molecular weight is 395 g/mol. The van der Waals surface area contributed by atoms with E-state index in [0.717, 1.165) is 6.07 Å². The fourth-order valence-corrected chi connectivity index (χ4v) is 2.55. The summed E-state index contributed by atoms with van der Waals surface area (Å²) in [7, 11) is 2.95. The van der Waals surface area contributed by atoms with E-state index in [1.807, 2.05) is 0 Å². The zero-order chi connectivity index (χ0) is 20.8. The largest absolute Gasteiger partial charge is 0.497 e. The van der Waals surface area contributed by atoms with Gasteiger partial charge in [-0.1, -0.05) is 0 Å². The zero-order valence-corrected chi connectivity index (χ0v) is 15.7. The standard InChI is InChI=1S/C21H18FN3O4/c1-28-16-8-13(9-17(11-16)29-2)20(26)24-14-5-6-19(22)18(10-14)21(27)25-15-4-3-7-23-12-15/h3-12H,1-2H3,(H,24,26)(H,25,27). The number of amides is 2. The molecule has 29 heavy (non-hydrogen) atoms. The molecule has 1 aromatic heterocycles. The number of anilines is 2. The van der Waals surface area contributed by atoms with Crippen LogP contribution in [0.3, 0.4) is 0 Å². The maximum atomic E-state index is 14.2. The first-order chi connectivity index (χ1) is 14.0. The Bertz CT molecular complexity index is 1020. The fraction of sp³-hybridized carbons (Fsp3) is 0.0952. The number of nitrogens with one attached hydrogen (secondary N) is 2. The Morgan fingerprint density at radius 1 is 0.897 bits per heavy atom. The first-order valence-electron chi connectivity index (χ1n) is 8.55. The van der Waals surface area contributed by atoms with Gasteiger partial charge in [-0.25, -0.2) is 4.39 Å². The van der Waals surface area contributed by atoms with E-state index in [9.17, 15) is 14.0 Å². The molecule has 148 valence electrons. The van der Waals surface area contributed by atoms with Gasteiger partial charge in [0, 0.05) is 23.5 Å². The molecule has 0 fully saturated rings. The van der Waals surface area contributed by atoms with Gasteiger partial charge in [-0.05, 0) is 42.5 Å². The molecule has 3 aromatic rings. The highest BCUT2D eigenvalue weighted by Crippen LogP contribution is 2.24. The first-order valence-corrected chi connectivity index (χ1v) is 8.55. The van der Waals surface area contributed by atoms with E-state index in [1.165, 1.54) is 44.7 Å². The Kier molecular flexibility index (Phi) is 6.03. The molecule has 0 saturated carbocycles. The van der Waals surface area contributed by atoms with Crippen LogP contribution in [0.5, 0.6) is 11.5 Å². The van der Waals surface area contributed by atoms with Gasteiger partial charge in [0.2, 0.25) is 0 Å². The van der Waals surface area contributed by atoms with Crippen LogP contribution in [0.25, 0.3) is 0 Å². The lowest BCUT2D eigenvalue weighted by Crippen LogP contribution is -2.16. The predicted octanol–water partition coefficient (Wildman–Crippen LogP) is 3.74. The quantitative estimate of drug-likeness (QED) is 0.664. The summed E-state index contributed by atoms with van der Waals surface area (Å²) in [4.78, 5) is 28.9. The van der Waals surface area contributed by atoms with Gasteiger partial charge in [-0.15, -0.1) is 0 Å². The minimum Gasteiger partial charge on any atom is -0.497 e. The highest BCUT2D eigenvalue weighted by Gasteiger charge is 2.15. The number of methoxy groups -OCH3 is 2. The van der Waals surface area contributed by atoms with Gasteiger partial charge in [-0.2, -0.15) is 0 Å². The molecule has 2 amide bonds. The second-order valence-corrected chi connectivity index (χ2v) is 5.95. The molecule has 0 bridgehead atoms. The van der Waals surface area contributed by atoms with E-state index >= 15 is 0 Å². The number of halogens is 1. The fourth-order valence-electron chi connectivity index (χ4n) is 2.55. The molecule has 3 rings (SSSR count). The third-order valence-electron chi connectivity index (χ3n) is 4.00. The smallest absolute Gasteiger partial charge is 0.258 e. The van der Waals surface area contributed by atoms with Crippen molar-refractivity contribution in [1.29, 1.82) is 0 Å². The van der Waals surface area contributed by atoms with Crippen molar-refractivity contribution < 1.29 is 23.5 Å². The van der Waals surface area contributed by atoms with Crippen molar-refractivity contribution in [2.24, 2.45) is 0 Å². The molecule has 7 nitrogen and oxygen atoms in total. The minimum absolute atomic E-state index is 0.213. The molecule has 1 heterocycles. The van der Waals surface area contributed by atoms with Gasteiger partial charge in [0.1, 0.15) is 17.3 Å². The number of hydrogen-bond donors (Lipinski definition) is 2. The van der Waals surface area contributed by atoms with E-state index in [2.05, 4.69) is 15.6 Å². The Morgan fingerprint density at radius 3 is 2.21 bits per heavy atom. The molecular weight excluding hydrogens is 377 g/mol. The Hall–Kier alpha value is -3.94. The van der Waals surface area contributed by atoms with Crippen LogP contribution in [0.4, 0.5) is 15.8 Å². The van der Waals surface area contributed by atoms with Gasteiger partial charge in [0.15, 0.2) is 0 Å². The summed E-state index contributed by atoms with van der Waals surface area (Å²) in [6, 6.07) is 11.7. The normalized spacial score (nSPS) is 10.2. The van der Waals surface area contributed by atoms with Crippen LogP contribution in [0.1, 0.15) is 20.7 Å². The molecular formula is C21H18FN3O4. The lowest BCUT2D eigenvalue weighted by Gasteiger charge is -2.11. The second-order valence-electron chi connectivity index (χ2n) is 5.95. The number of rotatable bonds is 6. The maximum absolute atomic E-state index is 14.2. The number of hydrogen-bond acceptors (Lipinski definition) is 5. The predicted molar refractivity (Wildman–Crippen MR) is 106 cm³/mol. The summed E-state index contributed by atoms with van der Waals surface area (Å²) in [6.45, 7) is 0. The maximum Gasteiger partial charge on any atom is 0.258 e. The summed E-state index contributed by atoms with van der Waals surface area (Å²) >= 11 is 0. The van der Waals surface area contributed by atoms with Crippen LogP contribution in [-0.2, 0) is 0 Å². The topological polar surface area (TPSA) is 89.5 Å². The molecule has 2 aromatic carbocycles. The molecule has 0 atom stereocenters. The first kappa shape index (κ1) is 19.8. The Morgan fingerprint density at radius 2 is 1.59 bits per heavy atom. The summed E-state index contributed by atoms with van der Waals surface area (Å²) in [5.41, 5.74) is 0.756. The zero-order valence-electron chi connectivity index (χ0n) is 15.7. The highest BCUT2D eigenvalue weighted by atomic mass is 19.1. The third-order valence-corrected chi connectivity index (χ3v) is 4.00. The number of pyridine rings is 1. The van der Waals surface area contributed by atoms with Crippen LogP contribution >= 0.6 is 0 Å². The summed E-state index contributed by atoms with van der Waals surface area (Å²) in [5.74, 6) is -0.940. The summed E-state index contributed by atoms with van der Waals surface area (Å²) < 4.78 is 24.5. The van der Waals surface area contributed by atoms with Gasteiger partial charge < -0.3 is 20.1 Å². The second kappa shape index (κ2) is 8.83. The van der Waals surface area contributed by atoms with Crippen LogP contribution in [0.2, 0.25) is 0 Å². The van der Waals surface area contributed by atoms with E-state index < -0.39 is 17.6 Å². The molecule has 0 saturated heterocycles. The number of carbonyl (C=O) groups excluding carboxylic acids is 2. The van der Waals surface area contributed by atoms with Crippen molar-refractivity contribution in [2.45, 2.75) is 0 Å². The lowest BCUT2D eigenvalue weighted by atomic mass is 10.1.